The molecule has 0 spiro atoms. The second kappa shape index (κ2) is 5.59. The van der Waals surface area contributed by atoms with Crippen LogP contribution in [0, 0.1) is 5.82 Å². The van der Waals surface area contributed by atoms with Gasteiger partial charge in [0.25, 0.3) is 0 Å². The van der Waals surface area contributed by atoms with E-state index in [9.17, 15) is 9.18 Å². The van der Waals surface area contributed by atoms with E-state index in [1.165, 1.54) is 12.1 Å². The van der Waals surface area contributed by atoms with Crippen LogP contribution in [-0.4, -0.2) is 29.1 Å². The number of benzene rings is 1. The average molecular weight is 251 g/mol. The van der Waals surface area contributed by atoms with Crippen LogP contribution in [0.1, 0.15) is 12.7 Å². The van der Waals surface area contributed by atoms with Gasteiger partial charge in [-0.05, 0) is 25.1 Å². The number of H-pyrrole nitrogens is 1. The second-order valence-corrected chi connectivity index (χ2v) is 3.76. The van der Waals surface area contributed by atoms with Gasteiger partial charge in [-0.1, -0.05) is 0 Å². The molecule has 0 fully saturated rings. The number of imidazole rings is 1. The normalized spacial score (nSPS) is 10.8. The van der Waals surface area contributed by atoms with Crippen molar-refractivity contribution in [1.29, 1.82) is 0 Å². The predicted molar refractivity (Wildman–Crippen MR) is 64.4 cm³/mol. The summed E-state index contributed by atoms with van der Waals surface area (Å²) in [6.07, 6.45) is 0. The first-order valence-corrected chi connectivity index (χ1v) is 5.67. The van der Waals surface area contributed by atoms with Gasteiger partial charge >= 0.3 is 0 Å². The van der Waals surface area contributed by atoms with Crippen LogP contribution in [0.15, 0.2) is 18.2 Å². The van der Waals surface area contributed by atoms with Gasteiger partial charge in [-0.25, -0.2) is 9.37 Å². The third-order valence-electron chi connectivity index (χ3n) is 2.38. The van der Waals surface area contributed by atoms with Crippen molar-refractivity contribution in [2.75, 3.05) is 13.2 Å². The maximum atomic E-state index is 13.0. The molecule has 0 saturated carbocycles. The van der Waals surface area contributed by atoms with E-state index in [0.29, 0.717) is 23.5 Å². The molecule has 0 radical (unpaired) electrons. The monoisotopic (exact) mass is 251 g/mol. The zero-order chi connectivity index (χ0) is 13.0. The van der Waals surface area contributed by atoms with Crippen LogP contribution in [-0.2, 0) is 16.1 Å². The molecule has 1 aromatic heterocycles. The van der Waals surface area contributed by atoms with Crippen LogP contribution in [0.2, 0.25) is 0 Å². The fourth-order valence-electron chi connectivity index (χ4n) is 1.55. The number of hydrogen-bond acceptors (Lipinski definition) is 3. The molecule has 0 aliphatic heterocycles. The highest BCUT2D eigenvalue weighted by atomic mass is 19.1. The van der Waals surface area contributed by atoms with Crippen molar-refractivity contribution in [3.63, 3.8) is 0 Å². The number of nitrogens with zero attached hydrogens (tertiary/aromatic N) is 1. The Morgan fingerprint density at radius 3 is 3.17 bits per heavy atom. The standard InChI is InChI=1S/C12H14FN3O2/c1-2-18-7-12(17)14-6-11-15-9-4-3-8(13)5-10(9)16-11/h3-5H,2,6-7H2,1H3,(H,14,17)(H,15,16). The van der Waals surface area contributed by atoms with Crippen molar-refractivity contribution in [2.24, 2.45) is 0 Å². The van der Waals surface area contributed by atoms with Crippen LogP contribution < -0.4 is 5.32 Å². The molecular weight excluding hydrogens is 237 g/mol. The molecule has 5 nitrogen and oxygen atoms in total. The van der Waals surface area contributed by atoms with E-state index in [4.69, 9.17) is 4.74 Å². The summed E-state index contributed by atoms with van der Waals surface area (Å²) in [5.41, 5.74) is 1.29. The molecule has 0 aliphatic rings. The number of carbonyl (C=O) groups excluding carboxylic acids is 1. The minimum atomic E-state index is -0.321. The Labute approximate surface area is 103 Å². The lowest BCUT2D eigenvalue weighted by molar-refractivity contribution is -0.125. The summed E-state index contributed by atoms with van der Waals surface area (Å²) in [7, 11) is 0. The molecule has 0 unspecified atom stereocenters. The number of nitrogens with one attached hydrogen (secondary N) is 2. The van der Waals surface area contributed by atoms with E-state index in [1.54, 1.807) is 6.07 Å². The van der Waals surface area contributed by atoms with Gasteiger partial charge in [0.1, 0.15) is 18.2 Å². The van der Waals surface area contributed by atoms with E-state index >= 15 is 0 Å². The highest BCUT2D eigenvalue weighted by Gasteiger charge is 2.05. The summed E-state index contributed by atoms with van der Waals surface area (Å²) in [6.45, 7) is 2.62. The summed E-state index contributed by atoms with van der Waals surface area (Å²) in [4.78, 5) is 18.5. The number of aromatic amines is 1. The number of amides is 1. The quantitative estimate of drug-likeness (QED) is 0.843. The third kappa shape index (κ3) is 3.04. The first-order chi connectivity index (χ1) is 8.69. The maximum Gasteiger partial charge on any atom is 0.246 e. The molecule has 1 aromatic carbocycles. The molecule has 0 atom stereocenters. The fourth-order valence-corrected chi connectivity index (χ4v) is 1.55. The van der Waals surface area contributed by atoms with E-state index in [-0.39, 0.29) is 24.9 Å². The van der Waals surface area contributed by atoms with Gasteiger partial charge in [0.05, 0.1) is 17.6 Å². The van der Waals surface area contributed by atoms with Gasteiger partial charge < -0.3 is 15.0 Å². The number of fused-ring (bicyclic) bond motifs is 1. The SMILES string of the molecule is CCOCC(=O)NCc1nc2ccc(F)cc2[nH]1. The fraction of sp³-hybridized carbons (Fsp3) is 0.333. The van der Waals surface area contributed by atoms with Crippen LogP contribution in [0.4, 0.5) is 4.39 Å². The highest BCUT2D eigenvalue weighted by molar-refractivity contribution is 5.77. The number of ether oxygens (including phenoxy) is 1. The summed E-state index contributed by atoms with van der Waals surface area (Å²) >= 11 is 0. The molecule has 2 aromatic rings. The summed E-state index contributed by atoms with van der Waals surface area (Å²) in [5.74, 6) is 0.0574. The van der Waals surface area contributed by atoms with Gasteiger partial charge in [0.2, 0.25) is 5.91 Å². The van der Waals surface area contributed by atoms with Crippen molar-refractivity contribution in [1.82, 2.24) is 15.3 Å². The summed E-state index contributed by atoms with van der Waals surface area (Å²) < 4.78 is 17.9. The second-order valence-electron chi connectivity index (χ2n) is 3.76. The maximum absolute atomic E-state index is 13.0. The van der Waals surface area contributed by atoms with Crippen LogP contribution >= 0.6 is 0 Å². The Morgan fingerprint density at radius 1 is 1.56 bits per heavy atom. The number of hydrogen-bond donors (Lipinski definition) is 2. The molecule has 1 heterocycles. The summed E-state index contributed by atoms with van der Waals surface area (Å²) in [6, 6.07) is 4.31. The highest BCUT2D eigenvalue weighted by Crippen LogP contribution is 2.12. The lowest BCUT2D eigenvalue weighted by Gasteiger charge is -2.02. The van der Waals surface area contributed by atoms with E-state index in [2.05, 4.69) is 15.3 Å². The first-order valence-electron chi connectivity index (χ1n) is 5.67. The van der Waals surface area contributed by atoms with Gasteiger partial charge in [-0.2, -0.15) is 0 Å². The molecule has 18 heavy (non-hydrogen) atoms. The minimum Gasteiger partial charge on any atom is -0.372 e. The number of rotatable bonds is 5. The largest absolute Gasteiger partial charge is 0.372 e. The average Bonchev–Trinajstić information content (AvgIpc) is 2.75. The zero-order valence-electron chi connectivity index (χ0n) is 10.00. The first kappa shape index (κ1) is 12.5. The molecular formula is C12H14FN3O2. The number of aromatic nitrogens is 2. The Balaban J connectivity index is 1.97. The van der Waals surface area contributed by atoms with Crippen LogP contribution in [0.25, 0.3) is 11.0 Å². The molecule has 2 N–H and O–H groups in total. The molecule has 0 saturated heterocycles. The smallest absolute Gasteiger partial charge is 0.246 e. The van der Waals surface area contributed by atoms with Gasteiger partial charge in [0.15, 0.2) is 0 Å². The van der Waals surface area contributed by atoms with Crippen molar-refractivity contribution < 1.29 is 13.9 Å². The zero-order valence-corrected chi connectivity index (χ0v) is 10.00. The van der Waals surface area contributed by atoms with Crippen molar-refractivity contribution in [3.8, 4) is 0 Å². The third-order valence-corrected chi connectivity index (χ3v) is 2.38. The molecule has 0 bridgehead atoms. The van der Waals surface area contributed by atoms with Crippen molar-refractivity contribution in [2.45, 2.75) is 13.5 Å². The van der Waals surface area contributed by atoms with Crippen LogP contribution in [0.3, 0.4) is 0 Å². The molecule has 2 rings (SSSR count). The van der Waals surface area contributed by atoms with E-state index in [1.807, 2.05) is 6.92 Å². The number of carbonyl (C=O) groups is 1. The van der Waals surface area contributed by atoms with E-state index in [0.717, 1.165) is 0 Å². The lowest BCUT2D eigenvalue weighted by atomic mass is 10.3. The summed E-state index contributed by atoms with van der Waals surface area (Å²) in [5, 5.41) is 2.66. The Kier molecular flexibility index (Phi) is 3.88. The van der Waals surface area contributed by atoms with Crippen molar-refractivity contribution in [3.05, 3.63) is 29.8 Å². The van der Waals surface area contributed by atoms with Gasteiger partial charge in [0, 0.05) is 6.61 Å². The van der Waals surface area contributed by atoms with Crippen LogP contribution in [0.5, 0.6) is 0 Å². The molecule has 96 valence electrons. The Bertz CT molecular complexity index is 553. The lowest BCUT2D eigenvalue weighted by Crippen LogP contribution is -2.27. The van der Waals surface area contributed by atoms with Gasteiger partial charge in [-0.15, -0.1) is 0 Å². The van der Waals surface area contributed by atoms with Gasteiger partial charge in [-0.3, -0.25) is 4.79 Å². The van der Waals surface area contributed by atoms with E-state index < -0.39 is 0 Å². The Hall–Kier alpha value is -1.95. The number of halogens is 1. The molecule has 6 heteroatoms. The van der Waals surface area contributed by atoms with Crippen molar-refractivity contribution >= 4 is 16.9 Å². The molecule has 1 amide bonds. The molecule has 0 aliphatic carbocycles. The minimum absolute atomic E-state index is 0.0331. The topological polar surface area (TPSA) is 67.0 Å². The predicted octanol–water partition coefficient (Wildman–Crippen LogP) is 1.35. The Morgan fingerprint density at radius 2 is 2.39 bits per heavy atom.